The summed E-state index contributed by atoms with van der Waals surface area (Å²) in [5.41, 5.74) is 2.77. The molecular formula is C24H34N4O2. The van der Waals surface area contributed by atoms with Gasteiger partial charge in [-0.2, -0.15) is 4.98 Å². The molecule has 0 saturated carbocycles. The third-order valence-electron chi connectivity index (χ3n) is 5.91. The molecule has 30 heavy (non-hydrogen) atoms. The second-order valence-corrected chi connectivity index (χ2v) is 8.76. The van der Waals surface area contributed by atoms with Gasteiger partial charge in [0.15, 0.2) is 5.82 Å². The van der Waals surface area contributed by atoms with E-state index in [4.69, 9.17) is 9.26 Å². The molecule has 0 amide bonds. The van der Waals surface area contributed by atoms with E-state index in [-0.39, 0.29) is 0 Å². The maximum atomic E-state index is 6.12. The Morgan fingerprint density at radius 2 is 2.00 bits per heavy atom. The lowest BCUT2D eigenvalue weighted by Gasteiger charge is -2.31. The first kappa shape index (κ1) is 21.1. The monoisotopic (exact) mass is 410 g/mol. The molecule has 0 atom stereocenters. The van der Waals surface area contributed by atoms with Gasteiger partial charge in [-0.15, -0.1) is 0 Å². The number of fused-ring (bicyclic) bond motifs is 1. The summed E-state index contributed by atoms with van der Waals surface area (Å²) in [6.07, 6.45) is 6.38. The zero-order valence-electron chi connectivity index (χ0n) is 18.5. The molecule has 0 N–H and O–H groups in total. The molecule has 1 aliphatic heterocycles. The highest BCUT2D eigenvalue weighted by Crippen LogP contribution is 2.24. The molecule has 6 nitrogen and oxygen atoms in total. The number of aromatic nitrogens is 3. The number of aryl methyl sites for hydroxylation is 1. The molecule has 162 valence electrons. The maximum absolute atomic E-state index is 6.12. The summed E-state index contributed by atoms with van der Waals surface area (Å²) in [6, 6.07) is 8.73. The Kier molecular flexibility index (Phi) is 6.85. The van der Waals surface area contributed by atoms with Crippen molar-refractivity contribution < 1.29 is 9.26 Å². The predicted molar refractivity (Wildman–Crippen MR) is 118 cm³/mol. The van der Waals surface area contributed by atoms with E-state index in [9.17, 15) is 0 Å². The van der Waals surface area contributed by atoms with Crippen molar-refractivity contribution in [1.29, 1.82) is 0 Å². The lowest BCUT2D eigenvalue weighted by Crippen LogP contribution is -2.36. The van der Waals surface area contributed by atoms with Gasteiger partial charge in [0, 0.05) is 56.1 Å². The van der Waals surface area contributed by atoms with E-state index in [0.717, 1.165) is 63.6 Å². The van der Waals surface area contributed by atoms with Crippen LogP contribution in [-0.4, -0.2) is 45.4 Å². The van der Waals surface area contributed by atoms with Gasteiger partial charge in [-0.1, -0.05) is 37.2 Å². The fourth-order valence-corrected chi connectivity index (χ4v) is 4.33. The standard InChI is InChI=1S/C24H34N4O2/c1-4-28-17-19(21-7-5-6-8-22(21)28)16-27-12-9-20(10-13-27)29-14-11-23-25-24(30-26-23)15-18(2)3/h5-8,17-18,20H,4,9-16H2,1-3H3. The van der Waals surface area contributed by atoms with Crippen LogP contribution in [0.3, 0.4) is 0 Å². The molecule has 1 aliphatic rings. The Labute approximate surface area is 179 Å². The average molecular weight is 411 g/mol. The third kappa shape index (κ3) is 5.10. The van der Waals surface area contributed by atoms with E-state index in [0.29, 0.717) is 18.6 Å². The molecule has 4 rings (SSSR count). The largest absolute Gasteiger partial charge is 0.378 e. The van der Waals surface area contributed by atoms with Crippen molar-refractivity contribution in [1.82, 2.24) is 19.6 Å². The average Bonchev–Trinajstić information content (AvgIpc) is 3.33. The second kappa shape index (κ2) is 9.75. The van der Waals surface area contributed by atoms with Crippen LogP contribution in [0.1, 0.15) is 50.9 Å². The summed E-state index contributed by atoms with van der Waals surface area (Å²) >= 11 is 0. The van der Waals surface area contributed by atoms with E-state index >= 15 is 0 Å². The summed E-state index contributed by atoms with van der Waals surface area (Å²) in [6.45, 7) is 11.4. The molecule has 0 spiro atoms. The third-order valence-corrected chi connectivity index (χ3v) is 5.91. The fraction of sp³-hybridized carbons (Fsp3) is 0.583. The van der Waals surface area contributed by atoms with Crippen molar-refractivity contribution in [2.24, 2.45) is 5.92 Å². The topological polar surface area (TPSA) is 56.3 Å². The minimum absolute atomic E-state index is 0.334. The summed E-state index contributed by atoms with van der Waals surface area (Å²) in [4.78, 5) is 7.01. The van der Waals surface area contributed by atoms with Crippen molar-refractivity contribution in [3.8, 4) is 0 Å². The molecule has 0 bridgehead atoms. The van der Waals surface area contributed by atoms with Crippen LogP contribution in [0.15, 0.2) is 35.0 Å². The lowest BCUT2D eigenvalue weighted by atomic mass is 10.1. The number of likely N-dealkylation sites (tertiary alicyclic amines) is 1. The number of hydrogen-bond acceptors (Lipinski definition) is 5. The Bertz CT molecular complexity index is 938. The predicted octanol–water partition coefficient (Wildman–Crippen LogP) is 4.47. The van der Waals surface area contributed by atoms with Crippen LogP contribution in [0.4, 0.5) is 0 Å². The Balaban J connectivity index is 1.22. The quantitative estimate of drug-likeness (QED) is 0.521. The fourth-order valence-electron chi connectivity index (χ4n) is 4.33. The Morgan fingerprint density at radius 1 is 1.20 bits per heavy atom. The van der Waals surface area contributed by atoms with Gasteiger partial charge in [-0.05, 0) is 37.3 Å². The number of nitrogens with zero attached hydrogens (tertiary/aromatic N) is 4. The molecule has 0 radical (unpaired) electrons. The van der Waals surface area contributed by atoms with Crippen LogP contribution in [0.5, 0.6) is 0 Å². The van der Waals surface area contributed by atoms with E-state index < -0.39 is 0 Å². The summed E-state index contributed by atoms with van der Waals surface area (Å²) in [7, 11) is 0. The van der Waals surface area contributed by atoms with Gasteiger partial charge in [-0.25, -0.2) is 0 Å². The molecular weight excluding hydrogens is 376 g/mol. The highest BCUT2D eigenvalue weighted by Gasteiger charge is 2.21. The van der Waals surface area contributed by atoms with Crippen molar-refractivity contribution in [3.63, 3.8) is 0 Å². The summed E-state index contributed by atoms with van der Waals surface area (Å²) < 4.78 is 13.8. The molecule has 6 heteroatoms. The molecule has 1 fully saturated rings. The normalized spacial score (nSPS) is 16.1. The molecule has 1 saturated heterocycles. The SMILES string of the molecule is CCn1cc(CN2CCC(OCCc3noc(CC(C)C)n3)CC2)c2ccccc21. The lowest BCUT2D eigenvalue weighted by molar-refractivity contribution is 0.00683. The molecule has 0 unspecified atom stereocenters. The van der Waals surface area contributed by atoms with E-state index in [1.807, 2.05) is 0 Å². The van der Waals surface area contributed by atoms with Gasteiger partial charge in [0.25, 0.3) is 0 Å². The van der Waals surface area contributed by atoms with Gasteiger partial charge >= 0.3 is 0 Å². The van der Waals surface area contributed by atoms with Gasteiger partial charge in [-0.3, -0.25) is 4.90 Å². The maximum Gasteiger partial charge on any atom is 0.226 e. The van der Waals surface area contributed by atoms with Crippen LogP contribution in [0.25, 0.3) is 10.9 Å². The molecule has 3 aromatic rings. The van der Waals surface area contributed by atoms with Crippen LogP contribution < -0.4 is 0 Å². The highest BCUT2D eigenvalue weighted by atomic mass is 16.5. The van der Waals surface area contributed by atoms with Gasteiger partial charge in [0.1, 0.15) is 0 Å². The van der Waals surface area contributed by atoms with E-state index in [2.05, 4.69) is 70.8 Å². The molecule has 2 aromatic heterocycles. The van der Waals surface area contributed by atoms with Crippen LogP contribution in [0.2, 0.25) is 0 Å². The first-order chi connectivity index (χ1) is 14.6. The van der Waals surface area contributed by atoms with Gasteiger partial charge in [0.2, 0.25) is 5.89 Å². The van der Waals surface area contributed by atoms with Crippen LogP contribution in [-0.2, 0) is 30.7 Å². The van der Waals surface area contributed by atoms with Crippen LogP contribution >= 0.6 is 0 Å². The first-order valence-electron chi connectivity index (χ1n) is 11.3. The molecule has 1 aromatic carbocycles. The summed E-state index contributed by atoms with van der Waals surface area (Å²) in [5, 5.41) is 5.45. The first-order valence-corrected chi connectivity index (χ1v) is 11.3. The minimum atomic E-state index is 0.334. The summed E-state index contributed by atoms with van der Waals surface area (Å²) in [5.74, 6) is 2.02. The van der Waals surface area contributed by atoms with E-state index in [1.165, 1.54) is 16.5 Å². The molecule has 3 heterocycles. The van der Waals surface area contributed by atoms with Crippen molar-refractivity contribution in [2.75, 3.05) is 19.7 Å². The zero-order chi connectivity index (χ0) is 20.9. The number of benzene rings is 1. The van der Waals surface area contributed by atoms with E-state index in [1.54, 1.807) is 0 Å². The number of ether oxygens (including phenoxy) is 1. The van der Waals surface area contributed by atoms with Crippen LogP contribution in [0, 0.1) is 5.92 Å². The number of piperidine rings is 1. The van der Waals surface area contributed by atoms with Crippen molar-refractivity contribution in [3.05, 3.63) is 47.7 Å². The zero-order valence-corrected chi connectivity index (χ0v) is 18.5. The number of rotatable bonds is 9. The molecule has 0 aliphatic carbocycles. The number of para-hydroxylation sites is 1. The van der Waals surface area contributed by atoms with Crippen molar-refractivity contribution >= 4 is 10.9 Å². The van der Waals surface area contributed by atoms with Gasteiger partial charge < -0.3 is 13.8 Å². The number of hydrogen-bond donors (Lipinski definition) is 0. The van der Waals surface area contributed by atoms with Gasteiger partial charge in [0.05, 0.1) is 12.7 Å². The highest BCUT2D eigenvalue weighted by molar-refractivity contribution is 5.83. The second-order valence-electron chi connectivity index (χ2n) is 8.76. The smallest absolute Gasteiger partial charge is 0.226 e. The Morgan fingerprint density at radius 3 is 2.77 bits per heavy atom. The minimum Gasteiger partial charge on any atom is -0.378 e. The van der Waals surface area contributed by atoms with Crippen molar-refractivity contribution in [2.45, 2.75) is 65.6 Å². The Hall–Kier alpha value is -2.18.